The van der Waals surface area contributed by atoms with E-state index in [1.165, 1.54) is 97.6 Å². The first-order chi connectivity index (χ1) is 27.6. The Bertz CT molecular complexity index is 3060. The molecular formula is C53H40N2S. The summed E-state index contributed by atoms with van der Waals surface area (Å²) in [5.41, 5.74) is 15.5. The quantitative estimate of drug-likeness (QED) is 0.123. The van der Waals surface area contributed by atoms with Crippen molar-refractivity contribution < 1.29 is 0 Å². The van der Waals surface area contributed by atoms with E-state index in [1.54, 1.807) is 0 Å². The second-order valence-corrected chi connectivity index (χ2v) is 16.6. The summed E-state index contributed by atoms with van der Waals surface area (Å²) in [6, 6.07) is 45.4. The molecule has 1 aliphatic heterocycles. The maximum Gasteiger partial charge on any atom is 0.0809 e. The van der Waals surface area contributed by atoms with Crippen LogP contribution in [0.3, 0.4) is 0 Å². The highest BCUT2D eigenvalue weighted by molar-refractivity contribution is 7.22. The molecule has 3 heteroatoms. The van der Waals surface area contributed by atoms with E-state index in [0.717, 1.165) is 36.9 Å². The summed E-state index contributed by atoms with van der Waals surface area (Å²) in [4.78, 5) is 11.6. The Hall–Kier alpha value is -6.16. The Kier molecular flexibility index (Phi) is 7.86. The van der Waals surface area contributed by atoms with Crippen LogP contribution in [-0.2, 0) is 12.8 Å². The van der Waals surface area contributed by atoms with Crippen molar-refractivity contribution in [2.75, 3.05) is 0 Å². The topological polar surface area (TPSA) is 25.2 Å². The maximum absolute atomic E-state index is 5.32. The molecule has 0 N–H and O–H groups in total. The first-order valence-corrected chi connectivity index (χ1v) is 20.7. The number of aliphatic imine (C=N–C) groups is 1. The number of dihydropyridines is 1. The second-order valence-electron chi connectivity index (χ2n) is 15.5. The number of pyridine rings is 1. The Balaban J connectivity index is 0.937. The average molecular weight is 737 g/mol. The van der Waals surface area contributed by atoms with Gasteiger partial charge in [-0.15, -0.1) is 17.9 Å². The molecule has 2 atom stereocenters. The minimum Gasteiger partial charge on any atom is -0.284 e. The fraction of sp³-hybridized carbons (Fsp3) is 0.132. The second kappa shape index (κ2) is 13.3. The fourth-order valence-corrected chi connectivity index (χ4v) is 11.0. The summed E-state index contributed by atoms with van der Waals surface area (Å²) in [5.74, 6) is 0.298. The molecule has 0 spiro atoms. The largest absolute Gasteiger partial charge is 0.284 e. The van der Waals surface area contributed by atoms with Crippen molar-refractivity contribution in [3.63, 3.8) is 0 Å². The molecule has 56 heavy (non-hydrogen) atoms. The van der Waals surface area contributed by atoms with Gasteiger partial charge in [-0.25, -0.2) is 4.98 Å². The van der Waals surface area contributed by atoms with Crippen molar-refractivity contribution in [1.29, 1.82) is 0 Å². The van der Waals surface area contributed by atoms with Gasteiger partial charge in [0, 0.05) is 38.2 Å². The van der Waals surface area contributed by atoms with E-state index in [1.807, 2.05) is 23.6 Å². The van der Waals surface area contributed by atoms with Crippen LogP contribution in [0.4, 0.5) is 0 Å². The number of aromatic nitrogens is 1. The molecule has 3 aliphatic rings. The summed E-state index contributed by atoms with van der Waals surface area (Å²) < 4.78 is 1.37. The van der Waals surface area contributed by atoms with E-state index < -0.39 is 0 Å². The van der Waals surface area contributed by atoms with E-state index in [9.17, 15) is 0 Å². The maximum atomic E-state index is 5.32. The summed E-state index contributed by atoms with van der Waals surface area (Å²) >= 11 is 1.93. The van der Waals surface area contributed by atoms with Crippen molar-refractivity contribution in [2.45, 2.75) is 38.6 Å². The van der Waals surface area contributed by atoms with E-state index in [-0.39, 0.29) is 6.04 Å². The third-order valence-electron chi connectivity index (χ3n) is 12.4. The van der Waals surface area contributed by atoms with Gasteiger partial charge in [0.1, 0.15) is 0 Å². The number of hydrogen-bond donors (Lipinski definition) is 0. The summed E-state index contributed by atoms with van der Waals surface area (Å²) in [6.45, 7) is 6.28. The van der Waals surface area contributed by atoms with Crippen molar-refractivity contribution >= 4 is 65.7 Å². The summed E-state index contributed by atoms with van der Waals surface area (Å²) in [6.07, 6.45) is 14.8. The average Bonchev–Trinajstić information content (AvgIpc) is 3.64. The highest BCUT2D eigenvalue weighted by atomic mass is 32.1. The normalized spacial score (nSPS) is 17.3. The van der Waals surface area contributed by atoms with Gasteiger partial charge in [0.15, 0.2) is 0 Å². The number of thiophene rings is 1. The summed E-state index contributed by atoms with van der Waals surface area (Å²) in [5, 5.41) is 7.74. The highest BCUT2D eigenvalue weighted by Gasteiger charge is 2.29. The molecular weight excluding hydrogens is 697 g/mol. The Morgan fingerprint density at radius 2 is 1.41 bits per heavy atom. The van der Waals surface area contributed by atoms with Crippen LogP contribution in [0.1, 0.15) is 36.5 Å². The Labute approximate surface area is 331 Å². The van der Waals surface area contributed by atoms with Crippen LogP contribution in [0.15, 0.2) is 168 Å². The Morgan fingerprint density at radius 3 is 2.23 bits per heavy atom. The molecule has 0 amide bonds. The number of nitrogens with zero attached hydrogens (tertiary/aromatic N) is 2. The highest BCUT2D eigenvalue weighted by Crippen LogP contribution is 2.49. The Morgan fingerprint density at radius 1 is 0.714 bits per heavy atom. The predicted octanol–water partition coefficient (Wildman–Crippen LogP) is 14.2. The standard InChI is InChI=1S/C53H40N2S/c1-3-4-11-40-32(2)51-39(10-9-28-54-51)31-47(40)38-23-25-42-37(30-38)21-20-36-29-35(22-24-41(36)42)33-16-18-34(19-17-33)52-46-27-26-44-43-12-6-8-15-49(43)56-53(44)50(46)45-13-5-7-14-48(45)55-52/h3,5-10,12-25,28-31,39,51H,1,4,11,26-27H2,2H3. The lowest BCUT2D eigenvalue weighted by Crippen LogP contribution is -2.24. The van der Waals surface area contributed by atoms with Crippen LogP contribution in [0, 0.1) is 5.92 Å². The third kappa shape index (κ3) is 5.29. The first-order valence-electron chi connectivity index (χ1n) is 19.9. The van der Waals surface area contributed by atoms with Gasteiger partial charge < -0.3 is 0 Å². The molecule has 6 aromatic carbocycles. The minimum atomic E-state index is 0.204. The number of hydrogen-bond acceptors (Lipinski definition) is 3. The first kappa shape index (κ1) is 33.2. The molecule has 0 saturated heterocycles. The zero-order valence-corrected chi connectivity index (χ0v) is 32.2. The molecule has 11 rings (SSSR count). The van der Waals surface area contributed by atoms with Crippen LogP contribution in [0.25, 0.3) is 80.9 Å². The molecule has 8 aromatic rings. The number of allylic oxidation sites excluding steroid dienone is 4. The van der Waals surface area contributed by atoms with E-state index in [2.05, 4.69) is 153 Å². The van der Waals surface area contributed by atoms with Gasteiger partial charge in [-0.1, -0.05) is 115 Å². The number of aryl methyl sites for hydroxylation is 1. The van der Waals surface area contributed by atoms with Gasteiger partial charge in [0.05, 0.1) is 17.3 Å². The molecule has 2 nitrogen and oxygen atoms in total. The lowest BCUT2D eigenvalue weighted by atomic mass is 9.77. The molecule has 268 valence electrons. The zero-order chi connectivity index (χ0) is 37.3. The van der Waals surface area contributed by atoms with Crippen molar-refractivity contribution in [3.8, 4) is 32.8 Å². The predicted molar refractivity (Wildman–Crippen MR) is 241 cm³/mol. The molecule has 2 aliphatic carbocycles. The molecule has 2 unspecified atom stereocenters. The van der Waals surface area contributed by atoms with Crippen LogP contribution in [-0.4, -0.2) is 17.2 Å². The van der Waals surface area contributed by atoms with Crippen LogP contribution in [0.5, 0.6) is 0 Å². The van der Waals surface area contributed by atoms with Crippen LogP contribution >= 0.6 is 11.3 Å². The zero-order valence-electron chi connectivity index (χ0n) is 31.4. The van der Waals surface area contributed by atoms with Crippen molar-refractivity contribution in [3.05, 3.63) is 180 Å². The third-order valence-corrected chi connectivity index (χ3v) is 13.6. The van der Waals surface area contributed by atoms with Gasteiger partial charge in [-0.2, -0.15) is 0 Å². The van der Waals surface area contributed by atoms with Crippen LogP contribution in [0.2, 0.25) is 0 Å². The number of benzene rings is 6. The van der Waals surface area contributed by atoms with E-state index >= 15 is 0 Å². The molecule has 0 radical (unpaired) electrons. The lowest BCUT2D eigenvalue weighted by Gasteiger charge is -2.31. The molecule has 0 saturated carbocycles. The van der Waals surface area contributed by atoms with E-state index in [4.69, 9.17) is 9.98 Å². The molecule has 0 fully saturated rings. The van der Waals surface area contributed by atoms with Gasteiger partial charge in [0.2, 0.25) is 0 Å². The fourth-order valence-electron chi connectivity index (χ4n) is 9.64. The number of para-hydroxylation sites is 1. The van der Waals surface area contributed by atoms with Gasteiger partial charge in [0.25, 0.3) is 0 Å². The van der Waals surface area contributed by atoms with Gasteiger partial charge >= 0.3 is 0 Å². The van der Waals surface area contributed by atoms with Crippen molar-refractivity contribution in [2.24, 2.45) is 10.9 Å². The minimum absolute atomic E-state index is 0.204. The number of fused-ring (bicyclic) bond motifs is 11. The van der Waals surface area contributed by atoms with Gasteiger partial charge in [-0.3, -0.25) is 4.99 Å². The lowest BCUT2D eigenvalue weighted by molar-refractivity contribution is 0.640. The summed E-state index contributed by atoms with van der Waals surface area (Å²) in [7, 11) is 0. The van der Waals surface area contributed by atoms with Gasteiger partial charge in [-0.05, 0) is 134 Å². The van der Waals surface area contributed by atoms with Crippen LogP contribution < -0.4 is 0 Å². The van der Waals surface area contributed by atoms with E-state index in [0.29, 0.717) is 5.92 Å². The SMILES string of the molecule is C=CCCC1=C(C)C2N=CC=CC2C=C1c1ccc2c(ccc3cc(-c4ccc(-c5nc6ccccc6c6c5CCc5c-6sc6ccccc56)cc4)ccc32)c1. The molecule has 2 aromatic heterocycles. The molecule has 0 bridgehead atoms. The smallest absolute Gasteiger partial charge is 0.0809 e. The molecule has 3 heterocycles. The monoisotopic (exact) mass is 736 g/mol. The number of rotatable bonds is 6. The van der Waals surface area contributed by atoms with Crippen molar-refractivity contribution in [1.82, 2.24) is 4.98 Å².